The van der Waals surface area contributed by atoms with Gasteiger partial charge in [0, 0.05) is 17.4 Å². The number of hydrogen-bond acceptors (Lipinski definition) is 3. The minimum atomic E-state index is 0.157. The second-order valence-electron chi connectivity index (χ2n) is 4.34. The molecular weight excluding hydrogens is 198 g/mol. The van der Waals surface area contributed by atoms with Crippen molar-refractivity contribution in [2.75, 3.05) is 0 Å². The highest BCUT2D eigenvalue weighted by Crippen LogP contribution is 2.21. The molecule has 0 bridgehead atoms. The first-order valence-electron chi connectivity index (χ1n) is 5.59. The van der Waals surface area contributed by atoms with E-state index in [2.05, 4.69) is 23.1 Å². The van der Waals surface area contributed by atoms with E-state index in [1.807, 2.05) is 26.8 Å². The first-order valence-corrected chi connectivity index (χ1v) is 5.59. The van der Waals surface area contributed by atoms with Crippen LogP contribution in [0.25, 0.3) is 0 Å². The van der Waals surface area contributed by atoms with Gasteiger partial charge in [0.15, 0.2) is 0 Å². The standard InChI is InChI=1S/C13H21N3/c1-9(2)5-8-13(16-14)12-7-6-10(3)15-11(12)4/h6-7,13,16H,1,5,8,14H2,2-4H3. The number of hydrazine groups is 1. The summed E-state index contributed by atoms with van der Waals surface area (Å²) in [6.07, 6.45) is 1.93. The summed E-state index contributed by atoms with van der Waals surface area (Å²) in [7, 11) is 0. The highest BCUT2D eigenvalue weighted by atomic mass is 15.2. The van der Waals surface area contributed by atoms with E-state index in [4.69, 9.17) is 5.84 Å². The van der Waals surface area contributed by atoms with E-state index in [0.717, 1.165) is 24.2 Å². The minimum absolute atomic E-state index is 0.157. The van der Waals surface area contributed by atoms with Crippen LogP contribution in [0.3, 0.4) is 0 Å². The van der Waals surface area contributed by atoms with Gasteiger partial charge in [0.1, 0.15) is 0 Å². The molecule has 0 saturated carbocycles. The van der Waals surface area contributed by atoms with Gasteiger partial charge in [-0.05, 0) is 45.2 Å². The van der Waals surface area contributed by atoms with Crippen LogP contribution in [0.2, 0.25) is 0 Å². The zero-order valence-electron chi connectivity index (χ0n) is 10.4. The van der Waals surface area contributed by atoms with Crippen molar-refractivity contribution in [3.05, 3.63) is 41.2 Å². The van der Waals surface area contributed by atoms with E-state index in [9.17, 15) is 0 Å². The molecule has 1 heterocycles. The average molecular weight is 219 g/mol. The van der Waals surface area contributed by atoms with Gasteiger partial charge in [0.25, 0.3) is 0 Å². The normalized spacial score (nSPS) is 12.5. The lowest BCUT2D eigenvalue weighted by atomic mass is 9.99. The van der Waals surface area contributed by atoms with Gasteiger partial charge < -0.3 is 0 Å². The number of pyridine rings is 1. The maximum atomic E-state index is 5.59. The van der Waals surface area contributed by atoms with E-state index in [1.54, 1.807) is 0 Å². The Morgan fingerprint density at radius 2 is 2.19 bits per heavy atom. The highest BCUT2D eigenvalue weighted by Gasteiger charge is 2.12. The summed E-state index contributed by atoms with van der Waals surface area (Å²) < 4.78 is 0. The molecule has 0 spiro atoms. The molecule has 16 heavy (non-hydrogen) atoms. The van der Waals surface area contributed by atoms with Crippen molar-refractivity contribution < 1.29 is 0 Å². The van der Waals surface area contributed by atoms with Crippen LogP contribution in [0, 0.1) is 13.8 Å². The summed E-state index contributed by atoms with van der Waals surface area (Å²) >= 11 is 0. The van der Waals surface area contributed by atoms with E-state index in [1.165, 1.54) is 11.1 Å². The fraction of sp³-hybridized carbons (Fsp3) is 0.462. The van der Waals surface area contributed by atoms with Gasteiger partial charge in [-0.2, -0.15) is 0 Å². The SMILES string of the molecule is C=C(C)CCC(NN)c1ccc(C)nc1C. The summed E-state index contributed by atoms with van der Waals surface area (Å²) in [5, 5.41) is 0. The Balaban J connectivity index is 2.82. The molecule has 3 nitrogen and oxygen atoms in total. The lowest BCUT2D eigenvalue weighted by Gasteiger charge is -2.18. The molecule has 0 saturated heterocycles. The summed E-state index contributed by atoms with van der Waals surface area (Å²) in [4.78, 5) is 4.45. The Kier molecular flexibility index (Phi) is 4.65. The largest absolute Gasteiger partial charge is 0.271 e. The van der Waals surface area contributed by atoms with Gasteiger partial charge in [-0.15, -0.1) is 6.58 Å². The van der Waals surface area contributed by atoms with Crippen molar-refractivity contribution in [1.29, 1.82) is 0 Å². The number of aryl methyl sites for hydroxylation is 2. The molecular formula is C13H21N3. The zero-order chi connectivity index (χ0) is 12.1. The number of hydrogen-bond donors (Lipinski definition) is 2. The van der Waals surface area contributed by atoms with Crippen LogP contribution < -0.4 is 11.3 Å². The zero-order valence-corrected chi connectivity index (χ0v) is 10.4. The van der Waals surface area contributed by atoms with Crippen LogP contribution in [0.15, 0.2) is 24.3 Å². The lowest BCUT2D eigenvalue weighted by molar-refractivity contribution is 0.511. The smallest absolute Gasteiger partial charge is 0.0480 e. The van der Waals surface area contributed by atoms with E-state index in [0.29, 0.717) is 0 Å². The molecule has 3 heteroatoms. The van der Waals surface area contributed by atoms with Gasteiger partial charge in [-0.1, -0.05) is 11.6 Å². The third kappa shape index (κ3) is 3.43. The number of rotatable bonds is 5. The van der Waals surface area contributed by atoms with Crippen molar-refractivity contribution in [3.63, 3.8) is 0 Å². The van der Waals surface area contributed by atoms with Crippen molar-refractivity contribution in [3.8, 4) is 0 Å². The molecule has 0 aromatic carbocycles. The monoisotopic (exact) mass is 219 g/mol. The molecule has 1 atom stereocenters. The molecule has 0 amide bonds. The molecule has 1 rings (SSSR count). The Hall–Kier alpha value is -1.19. The minimum Gasteiger partial charge on any atom is -0.271 e. The Bertz CT molecular complexity index is 371. The van der Waals surface area contributed by atoms with E-state index >= 15 is 0 Å². The van der Waals surface area contributed by atoms with Crippen LogP contribution in [0.5, 0.6) is 0 Å². The van der Waals surface area contributed by atoms with Crippen molar-refractivity contribution in [2.24, 2.45) is 5.84 Å². The Morgan fingerprint density at radius 3 is 2.69 bits per heavy atom. The summed E-state index contributed by atoms with van der Waals surface area (Å²) in [6, 6.07) is 4.28. The quantitative estimate of drug-likeness (QED) is 0.454. The van der Waals surface area contributed by atoms with Crippen LogP contribution in [-0.4, -0.2) is 4.98 Å². The van der Waals surface area contributed by atoms with Gasteiger partial charge in [0.2, 0.25) is 0 Å². The molecule has 0 aliphatic rings. The second kappa shape index (κ2) is 5.77. The van der Waals surface area contributed by atoms with Crippen LogP contribution >= 0.6 is 0 Å². The molecule has 3 N–H and O–H groups in total. The molecule has 1 unspecified atom stereocenters. The summed E-state index contributed by atoms with van der Waals surface area (Å²) in [5.74, 6) is 5.59. The van der Waals surface area contributed by atoms with Gasteiger partial charge in [-0.3, -0.25) is 16.3 Å². The predicted octanol–water partition coefficient (Wildman–Crippen LogP) is 2.56. The molecule has 1 aromatic heterocycles. The molecule has 0 fully saturated rings. The first kappa shape index (κ1) is 12.9. The molecule has 0 radical (unpaired) electrons. The third-order valence-electron chi connectivity index (χ3n) is 2.70. The number of nitrogens with two attached hydrogens (primary N) is 1. The van der Waals surface area contributed by atoms with E-state index < -0.39 is 0 Å². The van der Waals surface area contributed by atoms with Crippen LogP contribution in [-0.2, 0) is 0 Å². The van der Waals surface area contributed by atoms with Gasteiger partial charge >= 0.3 is 0 Å². The predicted molar refractivity (Wildman–Crippen MR) is 67.8 cm³/mol. The third-order valence-corrected chi connectivity index (χ3v) is 2.70. The number of aromatic nitrogens is 1. The summed E-state index contributed by atoms with van der Waals surface area (Å²) in [6.45, 7) is 9.96. The van der Waals surface area contributed by atoms with Crippen molar-refractivity contribution >= 4 is 0 Å². The fourth-order valence-electron chi connectivity index (χ4n) is 1.78. The average Bonchev–Trinajstić information content (AvgIpc) is 2.21. The Labute approximate surface area is 97.7 Å². The number of nitrogens with one attached hydrogen (secondary N) is 1. The lowest BCUT2D eigenvalue weighted by Crippen LogP contribution is -2.28. The van der Waals surface area contributed by atoms with Crippen LogP contribution in [0.4, 0.5) is 0 Å². The molecule has 0 aliphatic heterocycles. The highest BCUT2D eigenvalue weighted by molar-refractivity contribution is 5.25. The maximum absolute atomic E-state index is 5.59. The van der Waals surface area contributed by atoms with Gasteiger partial charge in [0.05, 0.1) is 0 Å². The molecule has 0 aliphatic carbocycles. The number of allylic oxidation sites excluding steroid dienone is 1. The summed E-state index contributed by atoms with van der Waals surface area (Å²) in [5.41, 5.74) is 7.29. The fourth-order valence-corrected chi connectivity index (χ4v) is 1.78. The van der Waals surface area contributed by atoms with Gasteiger partial charge in [-0.25, -0.2) is 0 Å². The Morgan fingerprint density at radius 1 is 1.50 bits per heavy atom. The van der Waals surface area contributed by atoms with Crippen molar-refractivity contribution in [2.45, 2.75) is 39.7 Å². The molecule has 88 valence electrons. The first-order chi connectivity index (χ1) is 7.54. The topological polar surface area (TPSA) is 50.9 Å². The van der Waals surface area contributed by atoms with Crippen LogP contribution in [0.1, 0.15) is 42.8 Å². The second-order valence-corrected chi connectivity index (χ2v) is 4.34. The number of nitrogens with zero attached hydrogens (tertiary/aromatic N) is 1. The van der Waals surface area contributed by atoms with Crippen molar-refractivity contribution in [1.82, 2.24) is 10.4 Å². The maximum Gasteiger partial charge on any atom is 0.0480 e. The molecule has 1 aromatic rings. The van der Waals surface area contributed by atoms with E-state index in [-0.39, 0.29) is 6.04 Å².